The third-order valence-corrected chi connectivity index (χ3v) is 3.67. The molecule has 0 unspecified atom stereocenters. The molecule has 0 spiro atoms. The van der Waals surface area contributed by atoms with E-state index in [-0.39, 0.29) is 5.91 Å². The van der Waals surface area contributed by atoms with Gasteiger partial charge in [-0.2, -0.15) is 0 Å². The smallest absolute Gasteiger partial charge is 0.252 e. The Labute approximate surface area is 122 Å². The molecule has 0 heterocycles. The first kappa shape index (κ1) is 15.5. The maximum atomic E-state index is 11.9. The molecule has 0 radical (unpaired) electrons. The van der Waals surface area contributed by atoms with Gasteiger partial charge in [0.25, 0.3) is 5.91 Å². The average molecular weight is 334 g/mol. The van der Waals surface area contributed by atoms with Gasteiger partial charge in [0.2, 0.25) is 0 Å². The third-order valence-electron chi connectivity index (χ3n) is 2.78. The zero-order valence-corrected chi connectivity index (χ0v) is 13.0. The van der Waals surface area contributed by atoms with Crippen molar-refractivity contribution in [2.75, 3.05) is 26.2 Å². The predicted octanol–water partition coefficient (Wildman–Crippen LogP) is 3.17. The highest BCUT2D eigenvalue weighted by atomic mass is 79.9. The summed E-state index contributed by atoms with van der Waals surface area (Å²) in [6.45, 7) is 7.73. The van der Waals surface area contributed by atoms with Crippen molar-refractivity contribution >= 4 is 33.4 Å². The summed E-state index contributed by atoms with van der Waals surface area (Å²) in [7, 11) is 0. The van der Waals surface area contributed by atoms with Crippen LogP contribution in [0, 0.1) is 0 Å². The van der Waals surface area contributed by atoms with Crippen LogP contribution in [0.15, 0.2) is 22.7 Å². The van der Waals surface area contributed by atoms with Gasteiger partial charge in [-0.3, -0.25) is 4.79 Å². The molecule has 0 aliphatic rings. The van der Waals surface area contributed by atoms with Crippen molar-refractivity contribution in [2.45, 2.75) is 13.8 Å². The van der Waals surface area contributed by atoms with Crippen molar-refractivity contribution in [3.63, 3.8) is 0 Å². The van der Waals surface area contributed by atoms with Crippen molar-refractivity contribution < 1.29 is 4.79 Å². The summed E-state index contributed by atoms with van der Waals surface area (Å²) in [5.74, 6) is -0.0781. The first-order valence-electron chi connectivity index (χ1n) is 6.04. The van der Waals surface area contributed by atoms with Crippen LogP contribution in [0.5, 0.6) is 0 Å². The maximum Gasteiger partial charge on any atom is 0.252 e. The number of carbonyl (C=O) groups excluding carboxylic acids is 1. The molecule has 0 saturated heterocycles. The van der Waals surface area contributed by atoms with Crippen molar-refractivity contribution in [2.24, 2.45) is 0 Å². The number of carbonyl (C=O) groups is 1. The molecule has 1 rings (SSSR count). The fourth-order valence-electron chi connectivity index (χ4n) is 1.64. The van der Waals surface area contributed by atoms with Gasteiger partial charge in [0.05, 0.1) is 5.56 Å². The van der Waals surface area contributed by atoms with Crippen LogP contribution >= 0.6 is 27.5 Å². The van der Waals surface area contributed by atoms with Gasteiger partial charge in [-0.15, -0.1) is 0 Å². The lowest BCUT2D eigenvalue weighted by molar-refractivity contribution is 0.0948. The molecule has 0 aliphatic carbocycles. The summed E-state index contributed by atoms with van der Waals surface area (Å²) in [6.07, 6.45) is 0. The summed E-state index contributed by atoms with van der Waals surface area (Å²) in [5.41, 5.74) is 0.610. The molecule has 0 bridgehead atoms. The van der Waals surface area contributed by atoms with E-state index < -0.39 is 0 Å². The normalized spacial score (nSPS) is 10.7. The number of hydrogen-bond acceptors (Lipinski definition) is 2. The van der Waals surface area contributed by atoms with Crippen LogP contribution in [0.1, 0.15) is 24.2 Å². The lowest BCUT2D eigenvalue weighted by Gasteiger charge is -2.18. The van der Waals surface area contributed by atoms with Gasteiger partial charge in [0.1, 0.15) is 0 Å². The second-order valence-electron chi connectivity index (χ2n) is 3.91. The van der Waals surface area contributed by atoms with E-state index in [0.29, 0.717) is 17.1 Å². The lowest BCUT2D eigenvalue weighted by atomic mass is 10.2. The minimum absolute atomic E-state index is 0.0781. The standard InChI is InChI=1S/C13H18BrClN2O/c1-3-17(4-2)8-7-16-13(18)11-6-5-10(15)9-12(11)14/h5-6,9H,3-4,7-8H2,1-2H3,(H,16,18). The quantitative estimate of drug-likeness (QED) is 0.867. The number of rotatable bonds is 6. The fraction of sp³-hybridized carbons (Fsp3) is 0.462. The fourth-order valence-corrected chi connectivity index (χ4v) is 2.50. The van der Waals surface area contributed by atoms with E-state index >= 15 is 0 Å². The molecule has 0 aromatic heterocycles. The largest absolute Gasteiger partial charge is 0.351 e. The minimum Gasteiger partial charge on any atom is -0.351 e. The Morgan fingerprint density at radius 3 is 2.61 bits per heavy atom. The number of nitrogens with zero attached hydrogens (tertiary/aromatic N) is 1. The highest BCUT2D eigenvalue weighted by Crippen LogP contribution is 2.21. The first-order chi connectivity index (χ1) is 8.58. The predicted molar refractivity (Wildman–Crippen MR) is 79.3 cm³/mol. The molecule has 1 aromatic rings. The Morgan fingerprint density at radius 2 is 2.06 bits per heavy atom. The molecular weight excluding hydrogens is 316 g/mol. The Morgan fingerprint density at radius 1 is 1.39 bits per heavy atom. The van der Waals surface area contributed by atoms with Gasteiger partial charge >= 0.3 is 0 Å². The van der Waals surface area contributed by atoms with Crippen LogP contribution in [-0.2, 0) is 0 Å². The topological polar surface area (TPSA) is 32.3 Å². The Hall–Kier alpha value is -0.580. The molecular formula is C13H18BrClN2O. The molecule has 0 saturated carbocycles. The number of amides is 1. The lowest BCUT2D eigenvalue weighted by Crippen LogP contribution is -2.34. The van der Waals surface area contributed by atoms with Crippen LogP contribution in [0.3, 0.4) is 0 Å². The van der Waals surface area contributed by atoms with E-state index in [2.05, 4.69) is 40.0 Å². The summed E-state index contributed by atoms with van der Waals surface area (Å²) >= 11 is 9.18. The van der Waals surface area contributed by atoms with Gasteiger partial charge in [-0.1, -0.05) is 25.4 Å². The zero-order valence-electron chi connectivity index (χ0n) is 10.7. The van der Waals surface area contributed by atoms with Crippen molar-refractivity contribution in [3.8, 4) is 0 Å². The molecule has 5 heteroatoms. The van der Waals surface area contributed by atoms with Crippen LogP contribution in [0.25, 0.3) is 0 Å². The van der Waals surface area contributed by atoms with Gasteiger partial charge < -0.3 is 10.2 Å². The van der Waals surface area contributed by atoms with Gasteiger partial charge in [0, 0.05) is 22.6 Å². The van der Waals surface area contributed by atoms with Crippen molar-refractivity contribution in [3.05, 3.63) is 33.3 Å². The number of likely N-dealkylation sites (N-methyl/N-ethyl adjacent to an activating group) is 1. The number of nitrogens with one attached hydrogen (secondary N) is 1. The van der Waals surface area contributed by atoms with Crippen LogP contribution in [0.4, 0.5) is 0 Å². The van der Waals surface area contributed by atoms with E-state index in [1.165, 1.54) is 0 Å². The third kappa shape index (κ3) is 4.59. The summed E-state index contributed by atoms with van der Waals surface area (Å²) in [5, 5.41) is 3.52. The SMILES string of the molecule is CCN(CC)CCNC(=O)c1ccc(Cl)cc1Br. The van der Waals surface area contributed by atoms with E-state index in [1.54, 1.807) is 18.2 Å². The van der Waals surface area contributed by atoms with Crippen molar-refractivity contribution in [1.29, 1.82) is 0 Å². The second kappa shape index (κ2) is 7.77. The minimum atomic E-state index is -0.0781. The molecule has 3 nitrogen and oxygen atoms in total. The monoisotopic (exact) mass is 332 g/mol. The number of halogens is 2. The summed E-state index contributed by atoms with van der Waals surface area (Å²) in [4.78, 5) is 14.2. The zero-order chi connectivity index (χ0) is 13.5. The highest BCUT2D eigenvalue weighted by Gasteiger charge is 2.10. The Kier molecular flexibility index (Phi) is 6.68. The van der Waals surface area contributed by atoms with Gasteiger partial charge in [0.15, 0.2) is 0 Å². The molecule has 18 heavy (non-hydrogen) atoms. The molecule has 100 valence electrons. The first-order valence-corrected chi connectivity index (χ1v) is 7.21. The molecule has 0 atom stereocenters. The van der Waals surface area contributed by atoms with E-state index in [0.717, 1.165) is 24.1 Å². The summed E-state index contributed by atoms with van der Waals surface area (Å²) < 4.78 is 0.718. The van der Waals surface area contributed by atoms with Crippen LogP contribution in [0.2, 0.25) is 5.02 Å². The van der Waals surface area contributed by atoms with Crippen LogP contribution < -0.4 is 5.32 Å². The Bertz CT molecular complexity index is 408. The van der Waals surface area contributed by atoms with Crippen LogP contribution in [-0.4, -0.2) is 37.0 Å². The molecule has 1 aromatic carbocycles. The summed E-state index contributed by atoms with van der Waals surface area (Å²) in [6, 6.07) is 5.16. The highest BCUT2D eigenvalue weighted by molar-refractivity contribution is 9.10. The maximum absolute atomic E-state index is 11.9. The second-order valence-corrected chi connectivity index (χ2v) is 5.20. The number of benzene rings is 1. The molecule has 1 N–H and O–H groups in total. The number of hydrogen-bond donors (Lipinski definition) is 1. The Balaban J connectivity index is 2.50. The van der Waals surface area contributed by atoms with Gasteiger partial charge in [-0.05, 0) is 47.2 Å². The molecule has 0 fully saturated rings. The average Bonchev–Trinajstić information content (AvgIpc) is 2.34. The van der Waals surface area contributed by atoms with E-state index in [1.807, 2.05) is 0 Å². The van der Waals surface area contributed by atoms with Gasteiger partial charge in [-0.25, -0.2) is 0 Å². The molecule has 0 aliphatic heterocycles. The molecule has 1 amide bonds. The van der Waals surface area contributed by atoms with E-state index in [4.69, 9.17) is 11.6 Å². The van der Waals surface area contributed by atoms with Crippen molar-refractivity contribution in [1.82, 2.24) is 10.2 Å². The van der Waals surface area contributed by atoms with E-state index in [9.17, 15) is 4.79 Å².